The van der Waals surface area contributed by atoms with E-state index < -0.39 is 0 Å². The number of rotatable bonds is 2. The molecule has 5 rings (SSSR count). The summed E-state index contributed by atoms with van der Waals surface area (Å²) in [5.74, 6) is 1.18. The summed E-state index contributed by atoms with van der Waals surface area (Å²) in [5.41, 5.74) is 2.26. The number of hydrogen-bond donors (Lipinski definition) is 0. The molecule has 7 heteroatoms. The Bertz CT molecular complexity index is 1430. The van der Waals surface area contributed by atoms with E-state index >= 15 is 0 Å². The van der Waals surface area contributed by atoms with Gasteiger partial charge >= 0.3 is 0 Å². The van der Waals surface area contributed by atoms with Gasteiger partial charge in [0.15, 0.2) is 4.96 Å². The van der Waals surface area contributed by atoms with Gasteiger partial charge in [-0.25, -0.2) is 9.38 Å². The van der Waals surface area contributed by atoms with E-state index in [2.05, 4.69) is 4.98 Å². The van der Waals surface area contributed by atoms with Crippen molar-refractivity contribution in [3.8, 4) is 11.3 Å². The number of benzene rings is 2. The van der Waals surface area contributed by atoms with Crippen molar-refractivity contribution in [3.05, 3.63) is 85.3 Å². The largest absolute Gasteiger partial charge is 0.457 e. The van der Waals surface area contributed by atoms with Crippen molar-refractivity contribution in [2.75, 3.05) is 0 Å². The minimum absolute atomic E-state index is 0.105. The van der Waals surface area contributed by atoms with Gasteiger partial charge in [-0.3, -0.25) is 4.79 Å². The molecular formula is C20H10Cl2N2O2S. The van der Waals surface area contributed by atoms with Gasteiger partial charge in [0.1, 0.15) is 16.1 Å². The Morgan fingerprint density at radius 2 is 1.93 bits per heavy atom. The lowest BCUT2D eigenvalue weighted by Gasteiger charge is -2.00. The molecule has 0 N–H and O–H groups in total. The first kappa shape index (κ1) is 16.6. The van der Waals surface area contributed by atoms with Gasteiger partial charge in [0, 0.05) is 16.7 Å². The van der Waals surface area contributed by atoms with Crippen LogP contribution >= 0.6 is 34.5 Å². The highest BCUT2D eigenvalue weighted by Gasteiger charge is 2.12. The highest BCUT2D eigenvalue weighted by Crippen LogP contribution is 2.31. The molecule has 0 aliphatic heterocycles. The number of nitrogens with zero attached hydrogens (tertiary/aromatic N) is 2. The lowest BCUT2D eigenvalue weighted by atomic mass is 10.2. The average Bonchev–Trinajstić information content (AvgIpc) is 3.31. The molecule has 5 aromatic rings. The molecule has 132 valence electrons. The van der Waals surface area contributed by atoms with E-state index in [-0.39, 0.29) is 5.56 Å². The van der Waals surface area contributed by atoms with Crippen molar-refractivity contribution in [2.24, 2.45) is 0 Å². The molecule has 0 amide bonds. The number of furan rings is 1. The van der Waals surface area contributed by atoms with E-state index in [0.717, 1.165) is 16.6 Å². The fourth-order valence-corrected chi connectivity index (χ4v) is 4.47. The van der Waals surface area contributed by atoms with Crippen LogP contribution < -0.4 is 10.1 Å². The van der Waals surface area contributed by atoms with Crippen LogP contribution in [0.25, 0.3) is 33.4 Å². The summed E-state index contributed by atoms with van der Waals surface area (Å²) in [6.07, 6.45) is 1.73. The molecule has 0 fully saturated rings. The molecule has 3 heterocycles. The molecule has 4 nitrogen and oxygen atoms in total. The fraction of sp³-hybridized carbons (Fsp3) is 0. The second-order valence-electron chi connectivity index (χ2n) is 5.96. The van der Waals surface area contributed by atoms with Gasteiger partial charge in [-0.05, 0) is 42.5 Å². The molecule has 0 unspecified atom stereocenters. The monoisotopic (exact) mass is 412 g/mol. The second-order valence-corrected chi connectivity index (χ2v) is 7.81. The van der Waals surface area contributed by atoms with Crippen molar-refractivity contribution >= 4 is 56.6 Å². The number of aromatic nitrogens is 2. The molecule has 0 saturated carbocycles. The topological polar surface area (TPSA) is 47.5 Å². The Morgan fingerprint density at radius 3 is 2.78 bits per heavy atom. The molecule has 0 aliphatic carbocycles. The zero-order valence-electron chi connectivity index (χ0n) is 13.6. The van der Waals surface area contributed by atoms with Crippen molar-refractivity contribution < 1.29 is 4.42 Å². The standard InChI is InChI=1S/C20H10Cl2N2O2S/c21-11-5-7-13(14(22)9-11)17-8-6-12(26-17)10-18-19(25)24-16-4-2-1-3-15(16)23-20(24)27-18/h1-10H. The van der Waals surface area contributed by atoms with E-state index in [1.54, 1.807) is 34.7 Å². The first-order valence-corrected chi connectivity index (χ1v) is 9.64. The Hall–Kier alpha value is -2.60. The predicted octanol–water partition coefficient (Wildman–Crippen LogP) is 5.02. The van der Waals surface area contributed by atoms with E-state index in [1.165, 1.54) is 11.3 Å². The maximum atomic E-state index is 12.8. The second kappa shape index (κ2) is 6.23. The van der Waals surface area contributed by atoms with Crippen molar-refractivity contribution in [2.45, 2.75) is 0 Å². The van der Waals surface area contributed by atoms with Crippen LogP contribution in [0.2, 0.25) is 10.0 Å². The van der Waals surface area contributed by atoms with Gasteiger partial charge in [-0.2, -0.15) is 0 Å². The van der Waals surface area contributed by atoms with Crippen LogP contribution in [0.1, 0.15) is 5.76 Å². The number of fused-ring (bicyclic) bond motifs is 3. The van der Waals surface area contributed by atoms with Crippen LogP contribution in [0.5, 0.6) is 0 Å². The zero-order chi connectivity index (χ0) is 18.5. The molecule has 0 spiro atoms. The highest BCUT2D eigenvalue weighted by molar-refractivity contribution is 7.15. The van der Waals surface area contributed by atoms with Crippen LogP contribution in [0.15, 0.2) is 63.8 Å². The average molecular weight is 413 g/mol. The molecule has 0 saturated heterocycles. The summed E-state index contributed by atoms with van der Waals surface area (Å²) in [5, 5.41) is 1.07. The third kappa shape index (κ3) is 2.75. The smallest absolute Gasteiger partial charge is 0.275 e. The van der Waals surface area contributed by atoms with Crippen LogP contribution in [0.3, 0.4) is 0 Å². The number of imidazole rings is 1. The Labute approximate surface area is 166 Å². The van der Waals surface area contributed by atoms with Crippen LogP contribution in [0, 0.1) is 0 Å². The van der Waals surface area contributed by atoms with Gasteiger partial charge in [0.05, 0.1) is 16.1 Å². The number of para-hydroxylation sites is 2. The predicted molar refractivity (Wildman–Crippen MR) is 110 cm³/mol. The minimum atomic E-state index is -0.105. The molecule has 0 atom stereocenters. The highest BCUT2D eigenvalue weighted by atomic mass is 35.5. The van der Waals surface area contributed by atoms with Crippen LogP contribution in [0.4, 0.5) is 0 Å². The Kier molecular flexibility index (Phi) is 3.82. The van der Waals surface area contributed by atoms with E-state index in [0.29, 0.717) is 31.1 Å². The van der Waals surface area contributed by atoms with Gasteiger partial charge in [0.25, 0.3) is 5.56 Å². The molecule has 3 aromatic heterocycles. The number of hydrogen-bond acceptors (Lipinski definition) is 4. The molecule has 0 aliphatic rings. The molecular weight excluding hydrogens is 403 g/mol. The summed E-state index contributed by atoms with van der Waals surface area (Å²) in [6, 6.07) is 16.4. The normalized spacial score (nSPS) is 12.4. The minimum Gasteiger partial charge on any atom is -0.457 e. The lowest BCUT2D eigenvalue weighted by Crippen LogP contribution is -2.22. The summed E-state index contributed by atoms with van der Waals surface area (Å²) in [6.45, 7) is 0. The maximum Gasteiger partial charge on any atom is 0.275 e. The van der Waals surface area contributed by atoms with Gasteiger partial charge in [-0.15, -0.1) is 0 Å². The number of halogens is 2. The Morgan fingerprint density at radius 1 is 1.07 bits per heavy atom. The van der Waals surface area contributed by atoms with Crippen molar-refractivity contribution in [3.63, 3.8) is 0 Å². The molecule has 2 aromatic carbocycles. The third-order valence-electron chi connectivity index (χ3n) is 4.24. The fourth-order valence-electron chi connectivity index (χ4n) is 3.01. The van der Waals surface area contributed by atoms with E-state index in [1.807, 2.05) is 30.3 Å². The maximum absolute atomic E-state index is 12.8. The Balaban J connectivity index is 1.62. The quantitative estimate of drug-likeness (QED) is 0.408. The van der Waals surface area contributed by atoms with Crippen LogP contribution in [-0.4, -0.2) is 9.38 Å². The third-order valence-corrected chi connectivity index (χ3v) is 5.76. The van der Waals surface area contributed by atoms with Gasteiger partial charge < -0.3 is 4.42 Å². The number of thiazole rings is 1. The molecule has 0 bridgehead atoms. The first-order valence-electron chi connectivity index (χ1n) is 8.07. The van der Waals surface area contributed by atoms with Crippen LogP contribution in [-0.2, 0) is 0 Å². The first-order chi connectivity index (χ1) is 13.1. The van der Waals surface area contributed by atoms with Crippen molar-refractivity contribution in [1.82, 2.24) is 9.38 Å². The molecule has 0 radical (unpaired) electrons. The van der Waals surface area contributed by atoms with Gasteiger partial charge in [0.2, 0.25) is 0 Å². The summed E-state index contributed by atoms with van der Waals surface area (Å²) < 4.78 is 8.06. The van der Waals surface area contributed by atoms with Crippen molar-refractivity contribution in [1.29, 1.82) is 0 Å². The zero-order valence-corrected chi connectivity index (χ0v) is 16.0. The SMILES string of the molecule is O=c1c(=Cc2ccc(-c3ccc(Cl)cc3Cl)o2)sc2nc3ccccc3n12. The molecule has 27 heavy (non-hydrogen) atoms. The van der Waals surface area contributed by atoms with Gasteiger partial charge in [-0.1, -0.05) is 46.7 Å². The summed E-state index contributed by atoms with van der Waals surface area (Å²) >= 11 is 13.5. The lowest BCUT2D eigenvalue weighted by molar-refractivity contribution is 0.571. The summed E-state index contributed by atoms with van der Waals surface area (Å²) in [7, 11) is 0. The van der Waals surface area contributed by atoms with E-state index in [9.17, 15) is 4.79 Å². The summed E-state index contributed by atoms with van der Waals surface area (Å²) in [4.78, 5) is 18.0. The van der Waals surface area contributed by atoms with E-state index in [4.69, 9.17) is 27.6 Å².